The molecule has 0 aliphatic carbocycles. The first-order valence-electron chi connectivity index (χ1n) is 9.91. The lowest BCUT2D eigenvalue weighted by Crippen LogP contribution is -2.15. The average molecular weight is 467 g/mol. The minimum absolute atomic E-state index is 0.140. The summed E-state index contributed by atoms with van der Waals surface area (Å²) in [4.78, 5) is 12.6. The molecule has 2 heterocycles. The Labute approximate surface area is 194 Å². The van der Waals surface area contributed by atoms with E-state index in [0.717, 1.165) is 11.4 Å². The Morgan fingerprint density at radius 2 is 1.88 bits per heavy atom. The number of hydrogen-bond acceptors (Lipinski definition) is 8. The third kappa shape index (κ3) is 5.00. The molecule has 164 valence electrons. The van der Waals surface area contributed by atoms with Crippen LogP contribution in [0.4, 0.5) is 5.69 Å². The molecule has 0 saturated carbocycles. The topological polar surface area (TPSA) is 103 Å². The van der Waals surface area contributed by atoms with Crippen molar-refractivity contribution in [3.05, 3.63) is 60.4 Å². The maximum Gasteiger partial charge on any atom is 0.234 e. The standard InChI is InChI=1S/C21H22N8OS2/c1-14(2)15-7-9-17(10-8-15)28-13-22-24-20(28)32-12-19(30)23-16-5-4-6-18(11-16)29-21(31-3)25-26-27-29/h4-11,13-14H,12H2,1-3H3,(H,23,30). The van der Waals surface area contributed by atoms with Gasteiger partial charge in [-0.15, -0.1) is 15.3 Å². The summed E-state index contributed by atoms with van der Waals surface area (Å²) in [5.41, 5.74) is 3.67. The third-order valence-corrected chi connectivity index (χ3v) is 6.25. The molecule has 32 heavy (non-hydrogen) atoms. The van der Waals surface area contributed by atoms with Gasteiger partial charge in [-0.25, -0.2) is 0 Å². The second-order valence-electron chi connectivity index (χ2n) is 7.19. The molecule has 0 atom stereocenters. The summed E-state index contributed by atoms with van der Waals surface area (Å²) in [5.74, 6) is 0.529. The maximum atomic E-state index is 12.6. The number of anilines is 1. The number of rotatable bonds is 8. The molecule has 1 N–H and O–H groups in total. The first kappa shape index (κ1) is 22.0. The van der Waals surface area contributed by atoms with Gasteiger partial charge in [-0.2, -0.15) is 4.68 Å². The average Bonchev–Trinajstić information content (AvgIpc) is 3.47. The van der Waals surface area contributed by atoms with Gasteiger partial charge in [-0.05, 0) is 58.5 Å². The lowest BCUT2D eigenvalue weighted by atomic mass is 10.0. The molecule has 0 fully saturated rings. The molecular weight excluding hydrogens is 444 g/mol. The predicted octanol–water partition coefficient (Wildman–Crippen LogP) is 3.82. The SMILES string of the molecule is CSc1nnnn1-c1cccc(NC(=O)CSc2nncn2-c2ccc(C(C)C)cc2)c1. The lowest BCUT2D eigenvalue weighted by molar-refractivity contribution is -0.113. The van der Waals surface area contributed by atoms with Crippen LogP contribution in [0, 0.1) is 0 Å². The van der Waals surface area contributed by atoms with Crippen molar-refractivity contribution in [2.45, 2.75) is 30.1 Å². The second-order valence-corrected chi connectivity index (χ2v) is 8.91. The smallest absolute Gasteiger partial charge is 0.234 e. The van der Waals surface area contributed by atoms with Crippen molar-refractivity contribution in [1.29, 1.82) is 0 Å². The number of nitrogens with one attached hydrogen (secondary N) is 1. The Kier molecular flexibility index (Phi) is 6.86. The van der Waals surface area contributed by atoms with E-state index in [1.54, 1.807) is 11.0 Å². The Balaban J connectivity index is 1.40. The summed E-state index contributed by atoms with van der Waals surface area (Å²) in [6, 6.07) is 15.7. The molecule has 1 amide bonds. The van der Waals surface area contributed by atoms with Gasteiger partial charge in [-0.1, -0.05) is 55.6 Å². The minimum Gasteiger partial charge on any atom is -0.325 e. The first-order chi connectivity index (χ1) is 15.5. The van der Waals surface area contributed by atoms with Crippen molar-refractivity contribution in [1.82, 2.24) is 35.0 Å². The molecule has 0 aliphatic rings. The third-order valence-electron chi connectivity index (χ3n) is 4.68. The zero-order valence-electron chi connectivity index (χ0n) is 17.8. The second kappa shape index (κ2) is 9.96. The van der Waals surface area contributed by atoms with Gasteiger partial charge in [0.25, 0.3) is 0 Å². The Morgan fingerprint density at radius 3 is 2.62 bits per heavy atom. The molecule has 2 aromatic heterocycles. The van der Waals surface area contributed by atoms with Crippen LogP contribution in [0.3, 0.4) is 0 Å². The molecule has 0 spiro atoms. The van der Waals surface area contributed by atoms with Crippen LogP contribution in [-0.4, -0.2) is 52.9 Å². The van der Waals surface area contributed by atoms with Crippen LogP contribution >= 0.6 is 23.5 Å². The highest BCUT2D eigenvalue weighted by molar-refractivity contribution is 7.99. The van der Waals surface area contributed by atoms with Gasteiger partial charge in [0.05, 0.1) is 11.4 Å². The molecule has 4 aromatic rings. The van der Waals surface area contributed by atoms with E-state index < -0.39 is 0 Å². The molecule has 11 heteroatoms. The maximum absolute atomic E-state index is 12.6. The molecule has 0 bridgehead atoms. The monoisotopic (exact) mass is 466 g/mol. The van der Waals surface area contributed by atoms with Gasteiger partial charge in [0.15, 0.2) is 5.16 Å². The summed E-state index contributed by atoms with van der Waals surface area (Å²) >= 11 is 2.78. The van der Waals surface area contributed by atoms with Gasteiger partial charge in [0.2, 0.25) is 11.1 Å². The highest BCUT2D eigenvalue weighted by Crippen LogP contribution is 2.23. The van der Waals surface area contributed by atoms with Crippen molar-refractivity contribution < 1.29 is 4.79 Å². The van der Waals surface area contributed by atoms with Gasteiger partial charge in [-0.3, -0.25) is 9.36 Å². The van der Waals surface area contributed by atoms with Crippen LogP contribution in [0.5, 0.6) is 0 Å². The summed E-state index contributed by atoms with van der Waals surface area (Å²) in [7, 11) is 0. The first-order valence-corrected chi connectivity index (χ1v) is 12.1. The Hall–Kier alpha value is -3.18. The summed E-state index contributed by atoms with van der Waals surface area (Å²) < 4.78 is 3.51. The van der Waals surface area contributed by atoms with E-state index in [0.29, 0.717) is 21.9 Å². The summed E-state index contributed by atoms with van der Waals surface area (Å²) in [6.07, 6.45) is 3.56. The number of carbonyl (C=O) groups is 1. The summed E-state index contributed by atoms with van der Waals surface area (Å²) in [6.45, 7) is 4.32. The molecule has 0 saturated heterocycles. The Bertz CT molecular complexity index is 1200. The van der Waals surface area contributed by atoms with E-state index in [4.69, 9.17) is 0 Å². The number of hydrogen-bond donors (Lipinski definition) is 1. The largest absolute Gasteiger partial charge is 0.325 e. The molecule has 0 aliphatic heterocycles. The molecule has 4 rings (SSSR count). The lowest BCUT2D eigenvalue weighted by Gasteiger charge is -2.10. The van der Waals surface area contributed by atoms with Crippen LogP contribution in [0.2, 0.25) is 0 Å². The number of carbonyl (C=O) groups excluding carboxylic acids is 1. The van der Waals surface area contributed by atoms with E-state index in [2.05, 4.69) is 57.0 Å². The minimum atomic E-state index is -0.140. The van der Waals surface area contributed by atoms with Crippen LogP contribution in [-0.2, 0) is 4.79 Å². The summed E-state index contributed by atoms with van der Waals surface area (Å²) in [5, 5.41) is 24.1. The van der Waals surface area contributed by atoms with E-state index >= 15 is 0 Å². The van der Waals surface area contributed by atoms with Crippen LogP contribution in [0.1, 0.15) is 25.3 Å². The normalized spacial score (nSPS) is 11.1. The van der Waals surface area contributed by atoms with E-state index in [1.165, 1.54) is 29.1 Å². The molecule has 0 unspecified atom stereocenters. The van der Waals surface area contributed by atoms with E-state index in [9.17, 15) is 4.79 Å². The van der Waals surface area contributed by atoms with E-state index in [-0.39, 0.29) is 11.7 Å². The van der Waals surface area contributed by atoms with Crippen molar-refractivity contribution in [3.8, 4) is 11.4 Å². The zero-order chi connectivity index (χ0) is 22.5. The van der Waals surface area contributed by atoms with Crippen LogP contribution in [0.15, 0.2) is 65.2 Å². The van der Waals surface area contributed by atoms with Crippen LogP contribution < -0.4 is 5.32 Å². The molecule has 9 nitrogen and oxygen atoms in total. The predicted molar refractivity (Wildman–Crippen MR) is 126 cm³/mol. The fraction of sp³-hybridized carbons (Fsp3) is 0.238. The number of amides is 1. The fourth-order valence-corrected chi connectivity index (χ4v) is 4.19. The van der Waals surface area contributed by atoms with Crippen LogP contribution in [0.25, 0.3) is 11.4 Å². The number of thioether (sulfide) groups is 2. The number of aromatic nitrogens is 7. The number of nitrogens with zero attached hydrogens (tertiary/aromatic N) is 7. The zero-order valence-corrected chi connectivity index (χ0v) is 19.5. The van der Waals surface area contributed by atoms with Crippen molar-refractivity contribution >= 4 is 35.1 Å². The number of benzene rings is 2. The van der Waals surface area contributed by atoms with Gasteiger partial charge in [0.1, 0.15) is 6.33 Å². The highest BCUT2D eigenvalue weighted by atomic mass is 32.2. The molecular formula is C21H22N8OS2. The Morgan fingerprint density at radius 1 is 1.06 bits per heavy atom. The van der Waals surface area contributed by atoms with Crippen molar-refractivity contribution in [2.24, 2.45) is 0 Å². The molecule has 2 aromatic carbocycles. The van der Waals surface area contributed by atoms with Crippen molar-refractivity contribution in [3.63, 3.8) is 0 Å². The quantitative estimate of drug-likeness (QED) is 0.391. The number of tetrazole rings is 1. The van der Waals surface area contributed by atoms with Crippen molar-refractivity contribution in [2.75, 3.05) is 17.3 Å². The molecule has 0 radical (unpaired) electrons. The van der Waals surface area contributed by atoms with Gasteiger partial charge < -0.3 is 5.32 Å². The van der Waals surface area contributed by atoms with Gasteiger partial charge >= 0.3 is 0 Å². The van der Waals surface area contributed by atoms with Gasteiger partial charge in [0, 0.05) is 11.4 Å². The highest BCUT2D eigenvalue weighted by Gasteiger charge is 2.12. The fourth-order valence-electron chi connectivity index (χ4n) is 3.03. The van der Waals surface area contributed by atoms with E-state index in [1.807, 2.05) is 47.2 Å².